The number of halogens is 1. The number of hydrogen-bond donors (Lipinski definition) is 2. The standard InChI is InChI=1S/C16H27ClN2O/c1-2-3-4-5-6-7-8-15(19-18)13-20-16-11-9-14(17)10-12-16/h9-12,15,19H,2-8,13,18H2,1H3. The Morgan fingerprint density at radius 1 is 1.10 bits per heavy atom. The molecule has 1 rings (SSSR count). The molecule has 0 saturated carbocycles. The minimum atomic E-state index is 0.205. The Balaban J connectivity index is 2.14. The Bertz CT molecular complexity index is 343. The summed E-state index contributed by atoms with van der Waals surface area (Å²) in [7, 11) is 0. The van der Waals surface area contributed by atoms with Gasteiger partial charge < -0.3 is 4.74 Å². The molecule has 114 valence electrons. The van der Waals surface area contributed by atoms with Crippen LogP contribution >= 0.6 is 11.6 Å². The maximum Gasteiger partial charge on any atom is 0.119 e. The zero-order chi connectivity index (χ0) is 14.6. The van der Waals surface area contributed by atoms with Gasteiger partial charge in [-0.05, 0) is 30.7 Å². The maximum absolute atomic E-state index is 5.83. The number of rotatable bonds is 11. The molecular formula is C16H27ClN2O. The first-order valence-corrected chi connectivity index (χ1v) is 7.98. The van der Waals surface area contributed by atoms with Crippen molar-refractivity contribution in [3.8, 4) is 5.75 Å². The molecule has 0 saturated heterocycles. The van der Waals surface area contributed by atoms with Crippen molar-refractivity contribution in [2.45, 2.75) is 57.9 Å². The summed E-state index contributed by atoms with van der Waals surface area (Å²) in [5.74, 6) is 6.40. The molecule has 0 bridgehead atoms. The minimum Gasteiger partial charge on any atom is -0.492 e. The summed E-state index contributed by atoms with van der Waals surface area (Å²) >= 11 is 5.83. The van der Waals surface area contributed by atoms with E-state index in [0.717, 1.165) is 17.2 Å². The molecule has 0 aliphatic rings. The van der Waals surface area contributed by atoms with Crippen LogP contribution < -0.4 is 16.0 Å². The Morgan fingerprint density at radius 2 is 1.75 bits per heavy atom. The molecule has 1 aromatic rings. The summed E-state index contributed by atoms with van der Waals surface area (Å²) in [5.41, 5.74) is 2.83. The van der Waals surface area contributed by atoms with Crippen LogP contribution in [-0.4, -0.2) is 12.6 Å². The van der Waals surface area contributed by atoms with Gasteiger partial charge in [-0.25, -0.2) is 0 Å². The van der Waals surface area contributed by atoms with Crippen LogP contribution in [0.5, 0.6) is 5.75 Å². The summed E-state index contributed by atoms with van der Waals surface area (Å²) < 4.78 is 5.71. The third kappa shape index (κ3) is 7.73. The molecule has 4 heteroatoms. The maximum atomic E-state index is 5.83. The fraction of sp³-hybridized carbons (Fsp3) is 0.625. The Kier molecular flexibility index (Phi) is 9.46. The summed E-state index contributed by atoms with van der Waals surface area (Å²) in [6.07, 6.45) is 8.83. The van der Waals surface area contributed by atoms with E-state index in [1.807, 2.05) is 24.3 Å². The molecular weight excluding hydrogens is 272 g/mol. The van der Waals surface area contributed by atoms with Gasteiger partial charge in [-0.15, -0.1) is 0 Å². The average molecular weight is 299 g/mol. The van der Waals surface area contributed by atoms with Crippen LogP contribution in [-0.2, 0) is 0 Å². The third-order valence-electron chi connectivity index (χ3n) is 3.41. The number of nitrogens with one attached hydrogen (secondary N) is 1. The lowest BCUT2D eigenvalue weighted by Crippen LogP contribution is -2.39. The summed E-state index contributed by atoms with van der Waals surface area (Å²) in [5, 5.41) is 0.720. The van der Waals surface area contributed by atoms with Crippen LogP contribution in [0, 0.1) is 0 Å². The summed E-state index contributed by atoms with van der Waals surface area (Å²) in [4.78, 5) is 0. The molecule has 0 aliphatic carbocycles. The molecule has 3 nitrogen and oxygen atoms in total. The molecule has 0 spiro atoms. The largest absolute Gasteiger partial charge is 0.492 e. The van der Waals surface area contributed by atoms with Crippen molar-refractivity contribution in [1.82, 2.24) is 5.43 Å². The molecule has 3 N–H and O–H groups in total. The van der Waals surface area contributed by atoms with E-state index in [2.05, 4.69) is 12.3 Å². The van der Waals surface area contributed by atoms with Crippen LogP contribution in [0.25, 0.3) is 0 Å². The van der Waals surface area contributed by atoms with Gasteiger partial charge in [0.15, 0.2) is 0 Å². The van der Waals surface area contributed by atoms with Crippen molar-refractivity contribution in [2.75, 3.05) is 6.61 Å². The van der Waals surface area contributed by atoms with Gasteiger partial charge in [0.05, 0.1) is 6.04 Å². The van der Waals surface area contributed by atoms with Crippen LogP contribution in [0.1, 0.15) is 51.9 Å². The molecule has 1 atom stereocenters. The van der Waals surface area contributed by atoms with Gasteiger partial charge in [-0.2, -0.15) is 0 Å². The lowest BCUT2D eigenvalue weighted by atomic mass is 10.1. The topological polar surface area (TPSA) is 47.3 Å². The Morgan fingerprint density at radius 3 is 2.40 bits per heavy atom. The summed E-state index contributed by atoms with van der Waals surface area (Å²) in [6.45, 7) is 2.83. The van der Waals surface area contributed by atoms with Crippen molar-refractivity contribution in [3.05, 3.63) is 29.3 Å². The number of nitrogens with two attached hydrogens (primary N) is 1. The van der Waals surface area contributed by atoms with Crippen LogP contribution in [0.3, 0.4) is 0 Å². The first-order valence-electron chi connectivity index (χ1n) is 7.60. The number of hydrogen-bond acceptors (Lipinski definition) is 3. The minimum absolute atomic E-state index is 0.205. The second kappa shape index (κ2) is 11.0. The second-order valence-electron chi connectivity index (χ2n) is 5.18. The highest BCUT2D eigenvalue weighted by Crippen LogP contribution is 2.16. The highest BCUT2D eigenvalue weighted by atomic mass is 35.5. The predicted molar refractivity (Wildman–Crippen MR) is 86.1 cm³/mol. The van der Waals surface area contributed by atoms with Crippen molar-refractivity contribution in [2.24, 2.45) is 5.84 Å². The number of ether oxygens (including phenoxy) is 1. The van der Waals surface area contributed by atoms with E-state index in [1.165, 1.54) is 38.5 Å². The SMILES string of the molecule is CCCCCCCCC(COc1ccc(Cl)cc1)NN. The molecule has 1 aromatic carbocycles. The van der Waals surface area contributed by atoms with Crippen LogP contribution in [0.15, 0.2) is 24.3 Å². The Labute approximate surface area is 127 Å². The predicted octanol–water partition coefficient (Wildman–Crippen LogP) is 4.30. The van der Waals surface area contributed by atoms with Gasteiger partial charge >= 0.3 is 0 Å². The van der Waals surface area contributed by atoms with Crippen molar-refractivity contribution in [3.63, 3.8) is 0 Å². The smallest absolute Gasteiger partial charge is 0.119 e. The molecule has 0 heterocycles. The molecule has 1 unspecified atom stereocenters. The van der Waals surface area contributed by atoms with E-state index in [0.29, 0.717) is 6.61 Å². The number of unbranched alkanes of at least 4 members (excludes halogenated alkanes) is 5. The highest BCUT2D eigenvalue weighted by molar-refractivity contribution is 6.30. The van der Waals surface area contributed by atoms with Gasteiger partial charge in [0.2, 0.25) is 0 Å². The first-order chi connectivity index (χ1) is 9.76. The molecule has 0 fully saturated rings. The Hall–Kier alpha value is -0.770. The third-order valence-corrected chi connectivity index (χ3v) is 3.66. The van der Waals surface area contributed by atoms with E-state index in [4.69, 9.17) is 22.2 Å². The monoisotopic (exact) mass is 298 g/mol. The molecule has 0 aromatic heterocycles. The average Bonchev–Trinajstić information content (AvgIpc) is 2.47. The second-order valence-corrected chi connectivity index (χ2v) is 5.62. The highest BCUT2D eigenvalue weighted by Gasteiger charge is 2.07. The van der Waals surface area contributed by atoms with E-state index in [9.17, 15) is 0 Å². The van der Waals surface area contributed by atoms with E-state index >= 15 is 0 Å². The van der Waals surface area contributed by atoms with Crippen molar-refractivity contribution >= 4 is 11.6 Å². The number of benzene rings is 1. The van der Waals surface area contributed by atoms with Gasteiger partial charge in [-0.1, -0.05) is 57.0 Å². The van der Waals surface area contributed by atoms with Gasteiger partial charge in [0.25, 0.3) is 0 Å². The lowest BCUT2D eigenvalue weighted by Gasteiger charge is -2.16. The molecule has 0 radical (unpaired) electrons. The van der Waals surface area contributed by atoms with Crippen molar-refractivity contribution in [1.29, 1.82) is 0 Å². The van der Waals surface area contributed by atoms with Gasteiger partial charge in [-0.3, -0.25) is 11.3 Å². The van der Waals surface area contributed by atoms with Crippen LogP contribution in [0.2, 0.25) is 5.02 Å². The fourth-order valence-corrected chi connectivity index (χ4v) is 2.24. The zero-order valence-electron chi connectivity index (χ0n) is 12.4. The van der Waals surface area contributed by atoms with Crippen molar-refractivity contribution < 1.29 is 4.74 Å². The molecule has 0 aliphatic heterocycles. The molecule has 20 heavy (non-hydrogen) atoms. The van der Waals surface area contributed by atoms with Crippen LogP contribution in [0.4, 0.5) is 0 Å². The first kappa shape index (κ1) is 17.3. The zero-order valence-corrected chi connectivity index (χ0v) is 13.2. The van der Waals surface area contributed by atoms with E-state index in [-0.39, 0.29) is 6.04 Å². The van der Waals surface area contributed by atoms with E-state index < -0.39 is 0 Å². The molecule has 0 amide bonds. The fourth-order valence-electron chi connectivity index (χ4n) is 2.11. The van der Waals surface area contributed by atoms with Gasteiger partial charge in [0, 0.05) is 5.02 Å². The van der Waals surface area contributed by atoms with E-state index in [1.54, 1.807) is 0 Å². The quantitative estimate of drug-likeness (QED) is 0.364. The summed E-state index contributed by atoms with van der Waals surface area (Å²) in [6, 6.07) is 7.61. The number of hydrazine groups is 1. The van der Waals surface area contributed by atoms with Gasteiger partial charge in [0.1, 0.15) is 12.4 Å². The lowest BCUT2D eigenvalue weighted by molar-refractivity contribution is 0.254. The normalized spacial score (nSPS) is 12.3.